The van der Waals surface area contributed by atoms with Crippen LogP contribution in [0.25, 0.3) is 0 Å². The lowest BCUT2D eigenvalue weighted by Gasteiger charge is -2.41. The second kappa shape index (κ2) is 15.1. The predicted molar refractivity (Wildman–Crippen MR) is 154 cm³/mol. The van der Waals surface area contributed by atoms with Crippen molar-refractivity contribution in [2.24, 2.45) is 0 Å². The molecular weight excluding hydrogens is 513 g/mol. The van der Waals surface area contributed by atoms with Crippen molar-refractivity contribution in [2.45, 2.75) is 56.1 Å². The van der Waals surface area contributed by atoms with Gasteiger partial charge in [0, 0.05) is 6.54 Å². The average Bonchev–Trinajstić information content (AvgIpc) is 2.98. The fourth-order valence-corrected chi connectivity index (χ4v) is 6.09. The van der Waals surface area contributed by atoms with E-state index in [9.17, 15) is 14.6 Å². The van der Waals surface area contributed by atoms with Crippen LogP contribution in [0.2, 0.25) is 0 Å². The van der Waals surface area contributed by atoms with Crippen LogP contribution in [0.1, 0.15) is 37.7 Å². The van der Waals surface area contributed by atoms with Crippen LogP contribution >= 0.6 is 8.03 Å². The summed E-state index contributed by atoms with van der Waals surface area (Å²) in [4.78, 5) is 10.4. The Balaban J connectivity index is 1.21. The molecule has 3 atom stereocenters. The Bertz CT molecular complexity index is 1120. The third-order valence-electron chi connectivity index (χ3n) is 7.13. The van der Waals surface area contributed by atoms with Crippen molar-refractivity contribution in [3.8, 4) is 17.2 Å². The zero-order valence-electron chi connectivity index (χ0n) is 22.2. The molecule has 1 radical (unpaired) electrons. The van der Waals surface area contributed by atoms with Gasteiger partial charge in [-0.15, -0.1) is 0 Å². The summed E-state index contributed by atoms with van der Waals surface area (Å²) in [6.45, 7) is 1.52. The largest absolute Gasteiger partial charge is 0.491 e. The van der Waals surface area contributed by atoms with Crippen LogP contribution in [0.15, 0.2) is 84.9 Å². The number of rotatable bonds is 15. The highest BCUT2D eigenvalue weighted by molar-refractivity contribution is 7.40. The number of para-hydroxylation sites is 1. The highest BCUT2D eigenvalue weighted by atomic mass is 31.1. The molecule has 1 aliphatic carbocycles. The van der Waals surface area contributed by atoms with E-state index in [1.165, 1.54) is 0 Å². The van der Waals surface area contributed by atoms with E-state index < -0.39 is 25.4 Å². The second-order valence-corrected chi connectivity index (χ2v) is 11.6. The molecule has 3 aromatic carbocycles. The summed E-state index contributed by atoms with van der Waals surface area (Å²) in [5.74, 6) is 2.10. The number of benzene rings is 3. The van der Waals surface area contributed by atoms with Crippen molar-refractivity contribution in [3.05, 3.63) is 96.9 Å². The quantitative estimate of drug-likeness (QED) is 0.171. The van der Waals surface area contributed by atoms with Gasteiger partial charge in [-0.1, -0.05) is 48.5 Å². The number of hydrogen-bond donors (Lipinski definition) is 3. The molecule has 39 heavy (non-hydrogen) atoms. The maximum atomic E-state index is 12.6. The van der Waals surface area contributed by atoms with Crippen molar-refractivity contribution in [1.29, 1.82) is 0 Å². The van der Waals surface area contributed by atoms with E-state index in [1.54, 1.807) is 0 Å². The summed E-state index contributed by atoms with van der Waals surface area (Å²) >= 11 is 0. The van der Waals surface area contributed by atoms with E-state index in [0.29, 0.717) is 50.5 Å². The van der Waals surface area contributed by atoms with E-state index in [-0.39, 0.29) is 6.61 Å². The van der Waals surface area contributed by atoms with Crippen molar-refractivity contribution < 1.29 is 28.8 Å². The molecule has 0 saturated heterocycles. The Morgan fingerprint density at radius 1 is 0.846 bits per heavy atom. The van der Waals surface area contributed by atoms with Crippen LogP contribution in [0.3, 0.4) is 0 Å². The van der Waals surface area contributed by atoms with Gasteiger partial charge in [0.2, 0.25) is 0 Å². The summed E-state index contributed by atoms with van der Waals surface area (Å²) in [6, 6.07) is 26.8. The second-order valence-electron chi connectivity index (χ2n) is 9.95. The molecule has 3 aromatic rings. The van der Waals surface area contributed by atoms with E-state index in [2.05, 4.69) is 11.7 Å². The molecule has 0 spiro atoms. The number of aliphatic hydroxyl groups excluding tert-OH is 1. The van der Waals surface area contributed by atoms with E-state index in [1.807, 2.05) is 84.9 Å². The molecule has 0 amide bonds. The first-order valence-electron chi connectivity index (χ1n) is 13.6. The van der Waals surface area contributed by atoms with Crippen LogP contribution < -0.4 is 19.5 Å². The minimum Gasteiger partial charge on any atom is -0.491 e. The molecule has 0 bridgehead atoms. The Labute approximate surface area is 232 Å². The van der Waals surface area contributed by atoms with Crippen LogP contribution in [0.4, 0.5) is 0 Å². The number of ether oxygens (including phenoxy) is 3. The molecule has 209 valence electrons. The minimum absolute atomic E-state index is 0.144. The fourth-order valence-electron chi connectivity index (χ4n) is 4.90. The highest BCUT2D eigenvalue weighted by Crippen LogP contribution is 2.50. The molecule has 0 aliphatic heterocycles. The summed E-state index contributed by atoms with van der Waals surface area (Å²) in [6.07, 6.45) is 4.56. The van der Waals surface area contributed by atoms with Crippen molar-refractivity contribution >= 4 is 8.03 Å². The molecule has 0 aromatic heterocycles. The van der Waals surface area contributed by atoms with Crippen molar-refractivity contribution in [1.82, 2.24) is 5.32 Å². The van der Waals surface area contributed by atoms with Crippen molar-refractivity contribution in [3.63, 3.8) is 0 Å². The van der Waals surface area contributed by atoms with Gasteiger partial charge in [0.25, 0.3) is 0 Å². The van der Waals surface area contributed by atoms with Gasteiger partial charge in [-0.2, -0.15) is 0 Å². The Morgan fingerprint density at radius 3 is 2.10 bits per heavy atom. The van der Waals surface area contributed by atoms with Gasteiger partial charge >= 0.3 is 0 Å². The summed E-state index contributed by atoms with van der Waals surface area (Å²) in [5, 5.41) is 13.0. The van der Waals surface area contributed by atoms with Crippen LogP contribution in [0, 0.1) is 6.42 Å². The average molecular weight is 553 g/mol. The molecule has 3 unspecified atom stereocenters. The monoisotopic (exact) mass is 552 g/mol. The number of aliphatic hydroxyl groups is 1. The smallest absolute Gasteiger partial charge is 0.198 e. The van der Waals surface area contributed by atoms with E-state index >= 15 is 0 Å². The van der Waals surface area contributed by atoms with Gasteiger partial charge < -0.3 is 29.5 Å². The maximum absolute atomic E-state index is 12.6. The highest BCUT2D eigenvalue weighted by Gasteiger charge is 2.45. The summed E-state index contributed by atoms with van der Waals surface area (Å²) in [5.41, 5.74) is 1.10. The standard InChI is InChI=1S/C31H39NO6P/c33-26(24-37-28-16-14-27(15-17-28)36-23-25-10-4-1-5-11-25)22-32-21-18-30(38-29-12-6-2-7-13-29)31(39(34)35)19-8-3-9-20-31/h1-7,10-17,26,30,32-33,39H,8-9,18-24H2,(H,34,35). The molecule has 7 nitrogen and oxygen atoms in total. The summed E-state index contributed by atoms with van der Waals surface area (Å²) < 4.78 is 30.4. The van der Waals surface area contributed by atoms with Gasteiger partial charge in [0.15, 0.2) is 8.03 Å². The number of hydrogen-bond acceptors (Lipinski definition) is 6. The maximum Gasteiger partial charge on any atom is 0.198 e. The van der Waals surface area contributed by atoms with Crippen LogP contribution in [-0.2, 0) is 11.2 Å². The number of nitrogens with one attached hydrogen (secondary N) is 1. The van der Waals surface area contributed by atoms with E-state index in [4.69, 9.17) is 14.2 Å². The Kier molecular flexibility index (Phi) is 11.3. The van der Waals surface area contributed by atoms with Gasteiger partial charge in [0.1, 0.15) is 42.7 Å². The summed E-state index contributed by atoms with van der Waals surface area (Å²) in [7, 11) is -2.83. The molecule has 8 heteroatoms. The first-order valence-corrected chi connectivity index (χ1v) is 15.0. The molecule has 3 N–H and O–H groups in total. The fraction of sp³-hybridized carbons (Fsp3) is 0.387. The van der Waals surface area contributed by atoms with Gasteiger partial charge in [-0.25, -0.2) is 0 Å². The first-order chi connectivity index (χ1) is 19.0. The lowest BCUT2D eigenvalue weighted by Crippen LogP contribution is -2.46. The van der Waals surface area contributed by atoms with Gasteiger partial charge in [-0.05, 0) is 87.0 Å². The predicted octanol–water partition coefficient (Wildman–Crippen LogP) is 5.42. The minimum atomic E-state index is -2.83. The topological polar surface area (TPSA) is 97.3 Å². The zero-order valence-corrected chi connectivity index (χ0v) is 23.2. The van der Waals surface area contributed by atoms with E-state index in [0.717, 1.165) is 24.2 Å². The van der Waals surface area contributed by atoms with Crippen LogP contribution in [-0.4, -0.2) is 47.1 Å². The molecular formula is C31H39NO6P. The Morgan fingerprint density at radius 2 is 1.46 bits per heavy atom. The van der Waals surface area contributed by atoms with Gasteiger partial charge in [0.05, 0.1) is 5.16 Å². The molecule has 1 saturated carbocycles. The van der Waals surface area contributed by atoms with Crippen LogP contribution in [0.5, 0.6) is 17.2 Å². The lowest BCUT2D eigenvalue weighted by molar-refractivity contribution is 0.0988. The molecule has 4 rings (SSSR count). The third-order valence-corrected chi connectivity index (χ3v) is 8.80. The molecule has 1 aliphatic rings. The molecule has 1 fully saturated rings. The lowest BCUT2D eigenvalue weighted by atomic mass is 9.82. The zero-order chi connectivity index (χ0) is 27.3. The normalized spacial score (nSPS) is 17.1. The SMILES string of the molecule is O=[PH](O)C1(C(CCNCC(O)COc2ccc(OCc3ccccc3)cc2)Oc2ccccc2)CC[CH]CC1. The van der Waals surface area contributed by atoms with Crippen molar-refractivity contribution in [2.75, 3.05) is 19.7 Å². The Hall–Kier alpha value is -2.83. The first kappa shape index (κ1) is 29.2. The third kappa shape index (κ3) is 8.84. The van der Waals surface area contributed by atoms with Gasteiger partial charge in [-0.3, -0.25) is 4.57 Å². The molecule has 0 heterocycles.